The van der Waals surface area contributed by atoms with Crippen LogP contribution in [0.5, 0.6) is 0 Å². The molecule has 0 saturated heterocycles. The molecule has 1 aromatic carbocycles. The molecule has 0 fully saturated rings. The zero-order chi connectivity index (χ0) is 11.4. The van der Waals surface area contributed by atoms with E-state index in [1.807, 2.05) is 18.2 Å². The molecule has 2 rings (SSSR count). The van der Waals surface area contributed by atoms with E-state index in [-0.39, 0.29) is 0 Å². The van der Waals surface area contributed by atoms with Crippen LogP contribution >= 0.6 is 22.9 Å². The third-order valence-electron chi connectivity index (χ3n) is 2.52. The van der Waals surface area contributed by atoms with Crippen molar-refractivity contribution < 1.29 is 0 Å². The van der Waals surface area contributed by atoms with Crippen molar-refractivity contribution >= 4 is 28.6 Å². The van der Waals surface area contributed by atoms with E-state index >= 15 is 0 Å². The van der Waals surface area contributed by atoms with Crippen molar-refractivity contribution in [2.75, 3.05) is 5.32 Å². The average Bonchev–Trinajstić information content (AvgIpc) is 2.78. The van der Waals surface area contributed by atoms with Crippen molar-refractivity contribution in [1.82, 2.24) is 0 Å². The summed E-state index contributed by atoms with van der Waals surface area (Å²) in [6.07, 6.45) is 1.04. The first-order valence-corrected chi connectivity index (χ1v) is 6.66. The van der Waals surface area contributed by atoms with Gasteiger partial charge in [-0.3, -0.25) is 0 Å². The molecule has 0 aliphatic heterocycles. The molecule has 0 spiro atoms. The lowest BCUT2D eigenvalue weighted by atomic mass is 10.0. The maximum absolute atomic E-state index is 6.00. The van der Waals surface area contributed by atoms with E-state index in [1.165, 1.54) is 11.3 Å². The Labute approximate surface area is 105 Å². The van der Waals surface area contributed by atoms with Crippen molar-refractivity contribution in [1.29, 1.82) is 0 Å². The summed E-state index contributed by atoms with van der Waals surface area (Å²) in [5, 5.41) is 8.49. The molecule has 0 aliphatic rings. The molecule has 1 N–H and O–H groups in total. The molecule has 84 valence electrons. The lowest BCUT2D eigenvalue weighted by Gasteiger charge is -2.17. The molecule has 0 amide bonds. The predicted octanol–water partition coefficient (Wildman–Crippen LogP) is 4.96. The van der Waals surface area contributed by atoms with Crippen LogP contribution in [0, 0.1) is 0 Å². The van der Waals surface area contributed by atoms with Gasteiger partial charge in [-0.15, -0.1) is 0 Å². The van der Waals surface area contributed by atoms with E-state index in [0.717, 1.165) is 11.4 Å². The van der Waals surface area contributed by atoms with Crippen LogP contribution in [0.1, 0.15) is 24.9 Å². The van der Waals surface area contributed by atoms with Crippen molar-refractivity contribution in [2.24, 2.45) is 0 Å². The minimum Gasteiger partial charge on any atom is -0.378 e. The van der Waals surface area contributed by atoms with Crippen LogP contribution < -0.4 is 5.32 Å². The Bertz CT molecular complexity index is 439. The normalized spacial score (nSPS) is 12.4. The highest BCUT2D eigenvalue weighted by Crippen LogP contribution is 2.25. The van der Waals surface area contributed by atoms with Gasteiger partial charge < -0.3 is 5.32 Å². The summed E-state index contributed by atoms with van der Waals surface area (Å²) in [6, 6.07) is 10.5. The summed E-state index contributed by atoms with van der Waals surface area (Å²) in [7, 11) is 0. The number of benzene rings is 1. The summed E-state index contributed by atoms with van der Waals surface area (Å²) in [6.45, 7) is 2.17. The maximum Gasteiger partial charge on any atom is 0.0512 e. The number of hydrogen-bond acceptors (Lipinski definition) is 2. The van der Waals surface area contributed by atoms with Gasteiger partial charge >= 0.3 is 0 Å². The topological polar surface area (TPSA) is 12.0 Å². The van der Waals surface area contributed by atoms with E-state index in [0.29, 0.717) is 6.04 Å². The van der Waals surface area contributed by atoms with Gasteiger partial charge in [0.25, 0.3) is 0 Å². The summed E-state index contributed by atoms with van der Waals surface area (Å²) in [4.78, 5) is 0. The molecular weight excluding hydrogens is 238 g/mol. The van der Waals surface area contributed by atoms with E-state index in [1.54, 1.807) is 11.3 Å². The Morgan fingerprint density at radius 1 is 1.38 bits per heavy atom. The number of nitrogens with one attached hydrogen (secondary N) is 1. The molecule has 3 heteroatoms. The highest BCUT2D eigenvalue weighted by atomic mass is 35.5. The summed E-state index contributed by atoms with van der Waals surface area (Å²) in [5.41, 5.74) is 2.41. The minimum atomic E-state index is 0.327. The van der Waals surface area contributed by atoms with Crippen molar-refractivity contribution in [2.45, 2.75) is 19.4 Å². The Balaban J connectivity index is 2.16. The Morgan fingerprint density at radius 3 is 2.88 bits per heavy atom. The second-order valence-corrected chi connectivity index (χ2v) is 4.89. The molecule has 2 aromatic rings. The zero-order valence-electron chi connectivity index (χ0n) is 9.11. The maximum atomic E-state index is 6.00. The SMILES string of the molecule is CCC(Nc1ccsc1)c1cccc(Cl)c1. The quantitative estimate of drug-likeness (QED) is 0.810. The van der Waals surface area contributed by atoms with Gasteiger partial charge in [-0.05, 0) is 35.6 Å². The first-order chi connectivity index (χ1) is 7.79. The number of halogens is 1. The highest BCUT2D eigenvalue weighted by molar-refractivity contribution is 7.08. The number of anilines is 1. The lowest BCUT2D eigenvalue weighted by Crippen LogP contribution is -2.08. The van der Waals surface area contributed by atoms with Gasteiger partial charge in [-0.2, -0.15) is 11.3 Å². The Morgan fingerprint density at radius 2 is 2.25 bits per heavy atom. The fourth-order valence-electron chi connectivity index (χ4n) is 1.69. The molecule has 1 heterocycles. The van der Waals surface area contributed by atoms with Crippen molar-refractivity contribution in [3.63, 3.8) is 0 Å². The number of hydrogen-bond donors (Lipinski definition) is 1. The van der Waals surface area contributed by atoms with Crippen LogP contribution in [0.2, 0.25) is 5.02 Å². The molecule has 1 nitrogen and oxygen atoms in total. The number of thiophene rings is 1. The van der Waals surface area contributed by atoms with Gasteiger partial charge in [0.05, 0.1) is 6.04 Å². The fourth-order valence-corrected chi connectivity index (χ4v) is 2.49. The van der Waals surface area contributed by atoms with Gasteiger partial charge in [-0.1, -0.05) is 30.7 Å². The Hall–Kier alpha value is -0.990. The first kappa shape index (κ1) is 11.5. The second kappa shape index (κ2) is 5.37. The van der Waals surface area contributed by atoms with Crippen LogP contribution in [0.4, 0.5) is 5.69 Å². The van der Waals surface area contributed by atoms with Crippen LogP contribution in [0.15, 0.2) is 41.1 Å². The molecule has 1 unspecified atom stereocenters. The van der Waals surface area contributed by atoms with Crippen LogP contribution in [0.3, 0.4) is 0 Å². The predicted molar refractivity (Wildman–Crippen MR) is 72.4 cm³/mol. The van der Waals surface area contributed by atoms with Gasteiger partial charge in [0.15, 0.2) is 0 Å². The molecule has 0 aliphatic carbocycles. The molecule has 0 saturated carbocycles. The van der Waals surface area contributed by atoms with Crippen LogP contribution in [-0.4, -0.2) is 0 Å². The van der Waals surface area contributed by atoms with E-state index in [4.69, 9.17) is 11.6 Å². The smallest absolute Gasteiger partial charge is 0.0512 e. The Kier molecular flexibility index (Phi) is 3.86. The second-order valence-electron chi connectivity index (χ2n) is 3.67. The summed E-state index contributed by atoms with van der Waals surface area (Å²) < 4.78 is 0. The fraction of sp³-hybridized carbons (Fsp3) is 0.231. The molecule has 0 bridgehead atoms. The van der Waals surface area contributed by atoms with Gasteiger partial charge in [0, 0.05) is 16.1 Å². The van der Waals surface area contributed by atoms with E-state index < -0.39 is 0 Å². The third-order valence-corrected chi connectivity index (χ3v) is 3.44. The van der Waals surface area contributed by atoms with Gasteiger partial charge in [0.2, 0.25) is 0 Å². The van der Waals surface area contributed by atoms with Gasteiger partial charge in [0.1, 0.15) is 0 Å². The van der Waals surface area contributed by atoms with Crippen molar-refractivity contribution in [3.8, 4) is 0 Å². The largest absolute Gasteiger partial charge is 0.378 e. The first-order valence-electron chi connectivity index (χ1n) is 5.34. The highest BCUT2D eigenvalue weighted by Gasteiger charge is 2.09. The molecule has 1 atom stereocenters. The zero-order valence-corrected chi connectivity index (χ0v) is 10.7. The average molecular weight is 252 g/mol. The van der Waals surface area contributed by atoms with E-state index in [2.05, 4.69) is 35.1 Å². The summed E-state index contributed by atoms with van der Waals surface area (Å²) in [5.74, 6) is 0. The summed E-state index contributed by atoms with van der Waals surface area (Å²) >= 11 is 7.70. The number of rotatable bonds is 4. The molecule has 0 radical (unpaired) electrons. The minimum absolute atomic E-state index is 0.327. The monoisotopic (exact) mass is 251 g/mol. The van der Waals surface area contributed by atoms with E-state index in [9.17, 15) is 0 Å². The molecular formula is C13H14ClNS. The third kappa shape index (κ3) is 2.77. The van der Waals surface area contributed by atoms with Gasteiger partial charge in [-0.25, -0.2) is 0 Å². The molecule has 1 aromatic heterocycles. The van der Waals surface area contributed by atoms with Crippen LogP contribution in [-0.2, 0) is 0 Å². The van der Waals surface area contributed by atoms with Crippen LogP contribution in [0.25, 0.3) is 0 Å². The lowest BCUT2D eigenvalue weighted by molar-refractivity contribution is 0.750. The molecule has 16 heavy (non-hydrogen) atoms. The van der Waals surface area contributed by atoms with Crippen molar-refractivity contribution in [3.05, 3.63) is 51.7 Å². The standard InChI is InChI=1S/C13H14ClNS/c1-2-13(15-12-6-7-16-9-12)10-4-3-5-11(14)8-10/h3-9,13,15H,2H2,1H3.